The number of fused-ring (bicyclic) bond motifs is 2. The first kappa shape index (κ1) is 11.3. The fourth-order valence-corrected chi connectivity index (χ4v) is 3.01. The van der Waals surface area contributed by atoms with Crippen LogP contribution in [0.2, 0.25) is 0 Å². The zero-order valence-electron chi connectivity index (χ0n) is 10.1. The molecule has 2 bridgehead atoms. The Labute approximate surface area is 106 Å². The van der Waals surface area contributed by atoms with Gasteiger partial charge in [0.25, 0.3) is 5.91 Å². The van der Waals surface area contributed by atoms with Crippen molar-refractivity contribution in [2.75, 3.05) is 0 Å². The molecule has 0 aliphatic heterocycles. The van der Waals surface area contributed by atoms with Crippen LogP contribution in [0.25, 0.3) is 0 Å². The van der Waals surface area contributed by atoms with Crippen molar-refractivity contribution in [1.29, 1.82) is 0 Å². The number of hydrazone groups is 1. The van der Waals surface area contributed by atoms with Gasteiger partial charge in [-0.05, 0) is 49.7 Å². The van der Waals surface area contributed by atoms with E-state index in [-0.39, 0.29) is 17.2 Å². The van der Waals surface area contributed by atoms with Crippen molar-refractivity contribution in [3.8, 4) is 5.75 Å². The highest BCUT2D eigenvalue weighted by Gasteiger charge is 2.36. The molecular formula is C14H16N2O2. The van der Waals surface area contributed by atoms with Crippen molar-refractivity contribution in [2.24, 2.45) is 16.9 Å². The number of carbonyl (C=O) groups is 1. The molecule has 1 aromatic carbocycles. The maximum atomic E-state index is 11.9. The monoisotopic (exact) mass is 244 g/mol. The fraction of sp³-hybridized carbons (Fsp3) is 0.429. The van der Waals surface area contributed by atoms with Crippen LogP contribution in [0, 0.1) is 11.8 Å². The van der Waals surface area contributed by atoms with Crippen molar-refractivity contribution < 1.29 is 9.90 Å². The number of nitrogens with one attached hydrogen (secondary N) is 1. The number of amides is 1. The zero-order valence-corrected chi connectivity index (χ0v) is 10.1. The SMILES string of the molecule is O=C(NN=C1CC2CCC1C2)c1ccccc1O. The summed E-state index contributed by atoms with van der Waals surface area (Å²) in [6.07, 6.45) is 4.75. The summed E-state index contributed by atoms with van der Waals surface area (Å²) in [5.74, 6) is 0.988. The summed E-state index contributed by atoms with van der Waals surface area (Å²) in [6.45, 7) is 0. The highest BCUT2D eigenvalue weighted by atomic mass is 16.3. The van der Waals surface area contributed by atoms with Gasteiger partial charge >= 0.3 is 0 Å². The maximum absolute atomic E-state index is 11.9. The lowest BCUT2D eigenvalue weighted by Gasteiger charge is -2.11. The van der Waals surface area contributed by atoms with Crippen LogP contribution in [0.4, 0.5) is 0 Å². The number of rotatable bonds is 2. The van der Waals surface area contributed by atoms with Crippen LogP contribution in [0.3, 0.4) is 0 Å². The van der Waals surface area contributed by atoms with Gasteiger partial charge in [0.1, 0.15) is 5.75 Å². The minimum Gasteiger partial charge on any atom is -0.507 e. The molecular weight excluding hydrogens is 228 g/mol. The van der Waals surface area contributed by atoms with Crippen LogP contribution < -0.4 is 5.43 Å². The number of para-hydroxylation sites is 1. The Morgan fingerprint density at radius 2 is 2.17 bits per heavy atom. The van der Waals surface area contributed by atoms with Crippen LogP contribution in [0.15, 0.2) is 29.4 Å². The number of phenolic OH excluding ortho intramolecular Hbond substituents is 1. The van der Waals surface area contributed by atoms with Gasteiger partial charge in [0.15, 0.2) is 0 Å². The molecule has 0 heterocycles. The summed E-state index contributed by atoms with van der Waals surface area (Å²) in [4.78, 5) is 11.9. The van der Waals surface area contributed by atoms with E-state index in [1.165, 1.54) is 25.3 Å². The lowest BCUT2D eigenvalue weighted by atomic mass is 9.99. The van der Waals surface area contributed by atoms with Gasteiger partial charge in [-0.15, -0.1) is 0 Å². The maximum Gasteiger partial charge on any atom is 0.275 e. The van der Waals surface area contributed by atoms with Crippen molar-refractivity contribution in [3.05, 3.63) is 29.8 Å². The van der Waals surface area contributed by atoms with Crippen molar-refractivity contribution in [1.82, 2.24) is 5.43 Å². The van der Waals surface area contributed by atoms with E-state index in [2.05, 4.69) is 10.5 Å². The Hall–Kier alpha value is -1.84. The number of hydrogen-bond donors (Lipinski definition) is 2. The standard InChI is InChI=1S/C14H16N2O2/c17-13-4-2-1-3-11(13)14(18)16-15-12-8-9-5-6-10(12)7-9/h1-4,9-10,17H,5-8H2,(H,16,18). The van der Waals surface area contributed by atoms with Gasteiger partial charge in [-0.3, -0.25) is 4.79 Å². The third-order valence-corrected chi connectivity index (χ3v) is 3.96. The molecule has 18 heavy (non-hydrogen) atoms. The second-order valence-corrected chi connectivity index (χ2v) is 5.14. The third kappa shape index (κ3) is 1.98. The van der Waals surface area contributed by atoms with Crippen molar-refractivity contribution in [3.63, 3.8) is 0 Å². The summed E-state index contributed by atoms with van der Waals surface area (Å²) < 4.78 is 0. The summed E-state index contributed by atoms with van der Waals surface area (Å²) >= 11 is 0. The Kier molecular flexibility index (Phi) is 2.78. The predicted molar refractivity (Wildman–Crippen MR) is 68.5 cm³/mol. The molecule has 94 valence electrons. The lowest BCUT2D eigenvalue weighted by Crippen LogP contribution is -2.21. The largest absolute Gasteiger partial charge is 0.507 e. The Morgan fingerprint density at radius 1 is 1.33 bits per heavy atom. The van der Waals surface area contributed by atoms with Crippen molar-refractivity contribution >= 4 is 11.6 Å². The minimum atomic E-state index is -0.344. The van der Waals surface area contributed by atoms with Crippen LogP contribution in [-0.4, -0.2) is 16.7 Å². The summed E-state index contributed by atoms with van der Waals surface area (Å²) in [5.41, 5.74) is 3.94. The second kappa shape index (κ2) is 4.44. The number of hydrogen-bond acceptors (Lipinski definition) is 3. The molecule has 2 atom stereocenters. The number of nitrogens with zero attached hydrogens (tertiary/aromatic N) is 1. The molecule has 2 saturated carbocycles. The van der Waals surface area contributed by atoms with E-state index in [0.717, 1.165) is 18.1 Å². The predicted octanol–water partition coefficient (Wildman–Crippen LogP) is 2.30. The lowest BCUT2D eigenvalue weighted by molar-refractivity contribution is 0.0952. The van der Waals surface area contributed by atoms with Crippen LogP contribution in [0.1, 0.15) is 36.0 Å². The van der Waals surface area contributed by atoms with Crippen LogP contribution >= 0.6 is 0 Å². The van der Waals surface area contributed by atoms with E-state index in [1.54, 1.807) is 18.2 Å². The number of aromatic hydroxyl groups is 1. The number of benzene rings is 1. The topological polar surface area (TPSA) is 61.7 Å². The molecule has 0 spiro atoms. The normalized spacial score (nSPS) is 27.7. The first-order valence-electron chi connectivity index (χ1n) is 6.39. The smallest absolute Gasteiger partial charge is 0.275 e. The Morgan fingerprint density at radius 3 is 2.83 bits per heavy atom. The average Bonchev–Trinajstić information content (AvgIpc) is 2.98. The van der Waals surface area contributed by atoms with Gasteiger partial charge in [-0.2, -0.15) is 5.10 Å². The fourth-order valence-electron chi connectivity index (χ4n) is 3.01. The van der Waals surface area contributed by atoms with Gasteiger partial charge in [-0.25, -0.2) is 5.43 Å². The minimum absolute atomic E-state index is 0.0110. The average molecular weight is 244 g/mol. The van der Waals surface area contributed by atoms with E-state index in [4.69, 9.17) is 0 Å². The zero-order chi connectivity index (χ0) is 12.5. The van der Waals surface area contributed by atoms with Gasteiger partial charge in [0.05, 0.1) is 5.56 Å². The molecule has 2 N–H and O–H groups in total. The molecule has 0 radical (unpaired) electrons. The molecule has 0 saturated heterocycles. The molecule has 4 nitrogen and oxygen atoms in total. The quantitative estimate of drug-likeness (QED) is 0.784. The first-order valence-corrected chi connectivity index (χ1v) is 6.39. The van der Waals surface area contributed by atoms with E-state index >= 15 is 0 Å². The highest BCUT2D eigenvalue weighted by molar-refractivity contribution is 5.98. The van der Waals surface area contributed by atoms with Gasteiger partial charge in [0, 0.05) is 5.71 Å². The molecule has 2 unspecified atom stereocenters. The van der Waals surface area contributed by atoms with E-state index in [0.29, 0.717) is 5.92 Å². The summed E-state index contributed by atoms with van der Waals surface area (Å²) in [7, 11) is 0. The van der Waals surface area contributed by atoms with Gasteiger partial charge in [-0.1, -0.05) is 12.1 Å². The Balaban J connectivity index is 1.69. The molecule has 1 aromatic rings. The molecule has 0 aromatic heterocycles. The number of carbonyl (C=O) groups excluding carboxylic acids is 1. The highest BCUT2D eigenvalue weighted by Crippen LogP contribution is 2.42. The van der Waals surface area contributed by atoms with E-state index in [1.807, 2.05) is 0 Å². The van der Waals surface area contributed by atoms with Crippen LogP contribution in [0.5, 0.6) is 5.75 Å². The van der Waals surface area contributed by atoms with Gasteiger partial charge < -0.3 is 5.11 Å². The molecule has 3 rings (SSSR count). The first-order chi connectivity index (χ1) is 8.74. The molecule has 2 aliphatic rings. The molecule has 1 amide bonds. The molecule has 2 fully saturated rings. The summed E-state index contributed by atoms with van der Waals surface area (Å²) in [5, 5.41) is 13.8. The molecule has 4 heteroatoms. The Bertz CT molecular complexity index is 510. The van der Waals surface area contributed by atoms with Gasteiger partial charge in [0.2, 0.25) is 0 Å². The van der Waals surface area contributed by atoms with Crippen molar-refractivity contribution in [2.45, 2.75) is 25.7 Å². The second-order valence-electron chi connectivity index (χ2n) is 5.14. The van der Waals surface area contributed by atoms with Crippen LogP contribution in [-0.2, 0) is 0 Å². The summed E-state index contributed by atoms with van der Waals surface area (Å²) in [6, 6.07) is 6.50. The van der Waals surface area contributed by atoms with E-state index in [9.17, 15) is 9.90 Å². The van der Waals surface area contributed by atoms with E-state index < -0.39 is 0 Å². The molecule has 2 aliphatic carbocycles. The number of phenols is 1. The third-order valence-electron chi connectivity index (χ3n) is 3.96.